The molecule has 2 aliphatic rings. The number of hydrogen-bond acceptors (Lipinski definition) is 4. The second-order valence-corrected chi connectivity index (χ2v) is 10.2. The van der Waals surface area contributed by atoms with Crippen LogP contribution in [0, 0.1) is 5.92 Å². The van der Waals surface area contributed by atoms with Crippen molar-refractivity contribution in [2.24, 2.45) is 5.92 Å². The fourth-order valence-electron chi connectivity index (χ4n) is 4.02. The lowest BCUT2D eigenvalue weighted by atomic mass is 10.1. The molecule has 2 aliphatic heterocycles. The van der Waals surface area contributed by atoms with E-state index in [-0.39, 0.29) is 29.7 Å². The van der Waals surface area contributed by atoms with Gasteiger partial charge < -0.3 is 10.2 Å². The normalized spacial score (nSPS) is 20.1. The Morgan fingerprint density at radius 1 is 1.03 bits per heavy atom. The van der Waals surface area contributed by atoms with Crippen molar-refractivity contribution in [2.75, 3.05) is 29.9 Å². The third-order valence-corrected chi connectivity index (χ3v) is 7.91. The predicted octanol–water partition coefficient (Wildman–Crippen LogP) is 3.51. The van der Waals surface area contributed by atoms with Crippen molar-refractivity contribution in [3.8, 4) is 0 Å². The minimum Gasteiger partial charge on any atom is -0.326 e. The number of carbonyl (C=O) groups excluding carboxylic acids is 2. The average Bonchev–Trinajstić information content (AvgIpc) is 3.16. The summed E-state index contributed by atoms with van der Waals surface area (Å²) in [5.74, 6) is -1.05. The number of anilines is 2. The Labute approximate surface area is 187 Å². The molecule has 1 unspecified atom stereocenters. The number of halogens is 1. The summed E-state index contributed by atoms with van der Waals surface area (Å²) in [5, 5.41) is 3.22. The topological polar surface area (TPSA) is 86.8 Å². The highest BCUT2D eigenvalue weighted by atomic mass is 35.5. The molecule has 0 radical (unpaired) electrons. The summed E-state index contributed by atoms with van der Waals surface area (Å²) in [6.07, 6.45) is 2.82. The van der Waals surface area contributed by atoms with E-state index < -0.39 is 15.9 Å². The van der Waals surface area contributed by atoms with Crippen LogP contribution >= 0.6 is 11.6 Å². The Balaban J connectivity index is 1.46. The molecule has 0 aliphatic carbocycles. The fraction of sp³-hybridized carbons (Fsp3) is 0.364. The van der Waals surface area contributed by atoms with Gasteiger partial charge in [-0.05, 0) is 43.2 Å². The van der Waals surface area contributed by atoms with Crippen LogP contribution in [-0.2, 0) is 19.6 Å². The summed E-state index contributed by atoms with van der Waals surface area (Å²) in [6.45, 7) is 1.25. The lowest BCUT2D eigenvalue weighted by molar-refractivity contribution is -0.122. The molecule has 2 amide bonds. The zero-order chi connectivity index (χ0) is 22.0. The largest absolute Gasteiger partial charge is 0.326 e. The van der Waals surface area contributed by atoms with E-state index in [2.05, 4.69) is 5.32 Å². The van der Waals surface area contributed by atoms with Crippen molar-refractivity contribution >= 4 is 44.8 Å². The quantitative estimate of drug-likeness (QED) is 0.738. The second-order valence-electron chi connectivity index (χ2n) is 7.84. The first-order valence-electron chi connectivity index (χ1n) is 10.3. The second kappa shape index (κ2) is 8.98. The summed E-state index contributed by atoms with van der Waals surface area (Å²) in [7, 11) is -3.59. The molecule has 4 rings (SSSR count). The number of piperidine rings is 1. The van der Waals surface area contributed by atoms with E-state index in [0.717, 1.165) is 19.3 Å². The molecular formula is C22H24ClN3O4S. The highest BCUT2D eigenvalue weighted by molar-refractivity contribution is 7.89. The van der Waals surface area contributed by atoms with Crippen LogP contribution in [0.2, 0.25) is 5.02 Å². The van der Waals surface area contributed by atoms with E-state index in [1.165, 1.54) is 21.3 Å². The van der Waals surface area contributed by atoms with Crippen molar-refractivity contribution < 1.29 is 18.0 Å². The first kappa shape index (κ1) is 21.8. The van der Waals surface area contributed by atoms with Gasteiger partial charge in [0.2, 0.25) is 21.8 Å². The van der Waals surface area contributed by atoms with Gasteiger partial charge in [0.1, 0.15) is 0 Å². The Kier molecular flexibility index (Phi) is 6.31. The molecule has 1 atom stereocenters. The Morgan fingerprint density at radius 3 is 2.52 bits per heavy atom. The standard InChI is InChI=1S/C22H24ClN3O4S/c23-19-9-2-3-10-20(19)26-15-16(13-21(26)27)22(28)24-17-7-6-8-18(14-17)31(29,30)25-11-4-1-5-12-25/h2-3,6-10,14,16H,1,4-5,11-13,15H2,(H,24,28). The van der Waals surface area contributed by atoms with Gasteiger partial charge in [0, 0.05) is 31.7 Å². The van der Waals surface area contributed by atoms with E-state index in [4.69, 9.17) is 11.6 Å². The minimum absolute atomic E-state index is 0.0722. The number of amides is 2. The van der Waals surface area contributed by atoms with Gasteiger partial charge in [-0.15, -0.1) is 0 Å². The van der Waals surface area contributed by atoms with Crippen LogP contribution in [0.5, 0.6) is 0 Å². The molecule has 0 bridgehead atoms. The van der Waals surface area contributed by atoms with Crippen molar-refractivity contribution in [3.05, 3.63) is 53.6 Å². The molecule has 2 saturated heterocycles. The van der Waals surface area contributed by atoms with Crippen LogP contribution in [0.15, 0.2) is 53.4 Å². The van der Waals surface area contributed by atoms with Crippen molar-refractivity contribution in [1.29, 1.82) is 0 Å². The first-order chi connectivity index (χ1) is 14.9. The van der Waals surface area contributed by atoms with Crippen molar-refractivity contribution in [3.63, 3.8) is 0 Å². The highest BCUT2D eigenvalue weighted by Gasteiger charge is 2.36. The van der Waals surface area contributed by atoms with Gasteiger partial charge in [-0.2, -0.15) is 4.31 Å². The highest BCUT2D eigenvalue weighted by Crippen LogP contribution is 2.31. The molecule has 164 valence electrons. The van der Waals surface area contributed by atoms with Crippen LogP contribution in [0.1, 0.15) is 25.7 Å². The Hall–Kier alpha value is -2.42. The number of carbonyl (C=O) groups is 2. The van der Waals surface area contributed by atoms with Crippen molar-refractivity contribution in [1.82, 2.24) is 4.31 Å². The molecule has 31 heavy (non-hydrogen) atoms. The molecule has 7 nitrogen and oxygen atoms in total. The van der Waals surface area contributed by atoms with E-state index >= 15 is 0 Å². The predicted molar refractivity (Wildman–Crippen MR) is 120 cm³/mol. The van der Waals surface area contributed by atoms with Crippen LogP contribution in [0.3, 0.4) is 0 Å². The van der Waals surface area contributed by atoms with Gasteiger partial charge in [0.15, 0.2) is 0 Å². The zero-order valence-electron chi connectivity index (χ0n) is 17.0. The average molecular weight is 462 g/mol. The van der Waals surface area contributed by atoms with E-state index in [0.29, 0.717) is 29.5 Å². The maximum Gasteiger partial charge on any atom is 0.243 e. The van der Waals surface area contributed by atoms with Gasteiger partial charge in [-0.1, -0.05) is 36.2 Å². The zero-order valence-corrected chi connectivity index (χ0v) is 18.5. The van der Waals surface area contributed by atoms with Crippen LogP contribution in [0.4, 0.5) is 11.4 Å². The smallest absolute Gasteiger partial charge is 0.243 e. The monoisotopic (exact) mass is 461 g/mol. The lowest BCUT2D eigenvalue weighted by Crippen LogP contribution is -2.35. The molecule has 0 spiro atoms. The van der Waals surface area contributed by atoms with Gasteiger partial charge in [0.25, 0.3) is 0 Å². The fourth-order valence-corrected chi connectivity index (χ4v) is 5.82. The molecule has 2 fully saturated rings. The van der Waals surface area contributed by atoms with Gasteiger partial charge in [-0.3, -0.25) is 9.59 Å². The Morgan fingerprint density at radius 2 is 1.77 bits per heavy atom. The molecule has 9 heteroatoms. The third-order valence-electron chi connectivity index (χ3n) is 5.69. The third kappa shape index (κ3) is 4.61. The van der Waals surface area contributed by atoms with Crippen LogP contribution in [0.25, 0.3) is 0 Å². The van der Waals surface area contributed by atoms with E-state index in [1.54, 1.807) is 36.4 Å². The van der Waals surface area contributed by atoms with E-state index in [9.17, 15) is 18.0 Å². The number of rotatable bonds is 5. The number of para-hydroxylation sites is 1. The molecule has 2 heterocycles. The number of sulfonamides is 1. The molecule has 2 aromatic carbocycles. The molecular weight excluding hydrogens is 438 g/mol. The summed E-state index contributed by atoms with van der Waals surface area (Å²) < 4.78 is 27.3. The molecule has 1 N–H and O–H groups in total. The minimum atomic E-state index is -3.59. The van der Waals surface area contributed by atoms with E-state index in [1.807, 2.05) is 0 Å². The maximum absolute atomic E-state index is 12.9. The van der Waals surface area contributed by atoms with Gasteiger partial charge >= 0.3 is 0 Å². The Bertz CT molecular complexity index is 1100. The van der Waals surface area contributed by atoms with Crippen LogP contribution < -0.4 is 10.2 Å². The summed E-state index contributed by atoms with van der Waals surface area (Å²) in [4.78, 5) is 26.9. The molecule has 2 aromatic rings. The first-order valence-corrected chi connectivity index (χ1v) is 12.1. The SMILES string of the molecule is O=C(Nc1cccc(S(=O)(=O)N2CCCCC2)c1)C1CC(=O)N(c2ccccc2Cl)C1. The van der Waals surface area contributed by atoms with Gasteiger partial charge in [-0.25, -0.2) is 8.42 Å². The van der Waals surface area contributed by atoms with Crippen LogP contribution in [-0.4, -0.2) is 44.2 Å². The number of nitrogens with zero attached hydrogens (tertiary/aromatic N) is 2. The molecule has 0 aromatic heterocycles. The molecule has 0 saturated carbocycles. The maximum atomic E-state index is 12.9. The number of benzene rings is 2. The number of nitrogens with one attached hydrogen (secondary N) is 1. The summed E-state index contributed by atoms with van der Waals surface area (Å²) in [5.41, 5.74) is 0.978. The van der Waals surface area contributed by atoms with Crippen molar-refractivity contribution in [2.45, 2.75) is 30.6 Å². The summed E-state index contributed by atoms with van der Waals surface area (Å²) >= 11 is 6.20. The lowest BCUT2D eigenvalue weighted by Gasteiger charge is -2.26. The number of hydrogen-bond donors (Lipinski definition) is 1. The van der Waals surface area contributed by atoms with Gasteiger partial charge in [0.05, 0.1) is 21.5 Å². The summed E-state index contributed by atoms with van der Waals surface area (Å²) in [6, 6.07) is 13.3.